The Labute approximate surface area is 104 Å². The molecule has 1 amide bonds. The average molecular weight is 254 g/mol. The highest BCUT2D eigenvalue weighted by Crippen LogP contribution is 2.37. The lowest BCUT2D eigenvalue weighted by atomic mass is 10.0. The fourth-order valence-corrected chi connectivity index (χ4v) is 3.03. The molecule has 0 aliphatic carbocycles. The topological polar surface area (TPSA) is 29.1 Å². The number of hydrogen-bond donors (Lipinski definition) is 1. The Morgan fingerprint density at radius 3 is 3.19 bits per heavy atom. The summed E-state index contributed by atoms with van der Waals surface area (Å²) in [5.41, 5.74) is 1.11. The van der Waals surface area contributed by atoms with Crippen molar-refractivity contribution in [2.45, 2.75) is 17.4 Å². The largest absolute Gasteiger partial charge is 0.346 e. The highest BCUT2D eigenvalue weighted by molar-refractivity contribution is 7.99. The minimum absolute atomic E-state index is 0.0560. The maximum atomic E-state index is 11.3. The smallest absolute Gasteiger partial charge is 0.243 e. The Morgan fingerprint density at radius 1 is 1.62 bits per heavy atom. The molecule has 0 spiro atoms. The van der Waals surface area contributed by atoms with Gasteiger partial charge in [-0.1, -0.05) is 18.2 Å². The SMILES string of the molecule is C=CC(=O)NC1CCSc2ccc(Cl)cc21. The zero-order chi connectivity index (χ0) is 11.5. The third-order valence-corrected chi connectivity index (χ3v) is 3.87. The van der Waals surface area contributed by atoms with E-state index in [-0.39, 0.29) is 11.9 Å². The molecule has 0 aromatic heterocycles. The van der Waals surface area contributed by atoms with Gasteiger partial charge in [0.1, 0.15) is 0 Å². The molecule has 1 aromatic carbocycles. The van der Waals surface area contributed by atoms with Gasteiger partial charge in [0.2, 0.25) is 5.91 Å². The maximum absolute atomic E-state index is 11.3. The highest BCUT2D eigenvalue weighted by atomic mass is 35.5. The van der Waals surface area contributed by atoms with Crippen LogP contribution in [0.2, 0.25) is 5.02 Å². The van der Waals surface area contributed by atoms with Crippen LogP contribution in [0.3, 0.4) is 0 Å². The third kappa shape index (κ3) is 2.42. The number of fused-ring (bicyclic) bond motifs is 1. The van der Waals surface area contributed by atoms with E-state index in [2.05, 4.69) is 11.9 Å². The van der Waals surface area contributed by atoms with Crippen molar-refractivity contribution in [3.8, 4) is 0 Å². The number of carbonyl (C=O) groups is 1. The number of benzene rings is 1. The van der Waals surface area contributed by atoms with E-state index in [0.29, 0.717) is 5.02 Å². The van der Waals surface area contributed by atoms with Crippen LogP contribution >= 0.6 is 23.4 Å². The van der Waals surface area contributed by atoms with Crippen molar-refractivity contribution in [1.29, 1.82) is 0 Å². The molecule has 1 heterocycles. The summed E-state index contributed by atoms with van der Waals surface area (Å²) < 4.78 is 0. The summed E-state index contributed by atoms with van der Waals surface area (Å²) in [6, 6.07) is 5.87. The minimum atomic E-state index is -0.136. The summed E-state index contributed by atoms with van der Waals surface area (Å²) in [4.78, 5) is 12.5. The Hall–Kier alpha value is -0.930. The lowest BCUT2D eigenvalue weighted by Gasteiger charge is -2.25. The van der Waals surface area contributed by atoms with Crippen LogP contribution in [-0.4, -0.2) is 11.7 Å². The van der Waals surface area contributed by atoms with E-state index in [0.717, 1.165) is 17.7 Å². The summed E-state index contributed by atoms with van der Waals surface area (Å²) in [6.45, 7) is 3.46. The van der Waals surface area contributed by atoms with Crippen molar-refractivity contribution in [3.05, 3.63) is 41.4 Å². The quantitative estimate of drug-likeness (QED) is 0.821. The van der Waals surface area contributed by atoms with E-state index in [1.807, 2.05) is 18.2 Å². The molecule has 0 saturated heterocycles. The summed E-state index contributed by atoms with van der Waals surface area (Å²) in [5, 5.41) is 3.63. The molecule has 84 valence electrons. The van der Waals surface area contributed by atoms with Crippen LogP contribution in [-0.2, 0) is 4.79 Å². The number of nitrogens with one attached hydrogen (secondary N) is 1. The van der Waals surface area contributed by atoms with Gasteiger partial charge in [-0.25, -0.2) is 0 Å². The molecule has 0 radical (unpaired) electrons. The van der Waals surface area contributed by atoms with Crippen LogP contribution in [0, 0.1) is 0 Å². The fraction of sp³-hybridized carbons (Fsp3) is 0.250. The zero-order valence-corrected chi connectivity index (χ0v) is 10.3. The van der Waals surface area contributed by atoms with Crippen LogP contribution < -0.4 is 5.32 Å². The molecular formula is C12H12ClNOS. The first kappa shape index (κ1) is 11.6. The number of amides is 1. The van der Waals surface area contributed by atoms with Gasteiger partial charge in [0.15, 0.2) is 0 Å². The van der Waals surface area contributed by atoms with Crippen molar-refractivity contribution in [1.82, 2.24) is 5.32 Å². The predicted molar refractivity (Wildman–Crippen MR) is 67.9 cm³/mol. The van der Waals surface area contributed by atoms with Crippen LogP contribution in [0.1, 0.15) is 18.0 Å². The van der Waals surface area contributed by atoms with Crippen molar-refractivity contribution in [3.63, 3.8) is 0 Å². The van der Waals surface area contributed by atoms with Crippen molar-refractivity contribution >= 4 is 29.3 Å². The van der Waals surface area contributed by atoms with Crippen LogP contribution in [0.5, 0.6) is 0 Å². The van der Waals surface area contributed by atoms with Gasteiger partial charge in [-0.15, -0.1) is 11.8 Å². The Bertz CT molecular complexity index is 433. The third-order valence-electron chi connectivity index (χ3n) is 2.51. The number of rotatable bonds is 2. The van der Waals surface area contributed by atoms with E-state index in [1.165, 1.54) is 11.0 Å². The Kier molecular flexibility index (Phi) is 3.56. The molecule has 2 rings (SSSR count). The predicted octanol–water partition coefficient (Wildman–Crippen LogP) is 3.18. The molecule has 1 unspecified atom stereocenters. The molecular weight excluding hydrogens is 242 g/mol. The number of halogens is 1. The van der Waals surface area contributed by atoms with Gasteiger partial charge in [-0.3, -0.25) is 4.79 Å². The molecule has 1 aliphatic rings. The van der Waals surface area contributed by atoms with Gasteiger partial charge >= 0.3 is 0 Å². The first-order chi connectivity index (χ1) is 7.70. The van der Waals surface area contributed by atoms with E-state index in [1.54, 1.807) is 11.8 Å². The van der Waals surface area contributed by atoms with E-state index >= 15 is 0 Å². The van der Waals surface area contributed by atoms with Gasteiger partial charge in [0.25, 0.3) is 0 Å². The van der Waals surface area contributed by atoms with Gasteiger partial charge < -0.3 is 5.32 Å². The van der Waals surface area contributed by atoms with Crippen molar-refractivity contribution in [2.24, 2.45) is 0 Å². The summed E-state index contributed by atoms with van der Waals surface area (Å²) in [5.74, 6) is 0.874. The molecule has 0 fully saturated rings. The first-order valence-corrected chi connectivity index (χ1v) is 6.42. The number of carbonyl (C=O) groups excluding carboxylic acids is 1. The molecule has 1 aromatic rings. The minimum Gasteiger partial charge on any atom is -0.346 e. The molecule has 4 heteroatoms. The second-order valence-corrected chi connectivity index (χ2v) is 5.16. The molecule has 1 atom stereocenters. The summed E-state index contributed by atoms with van der Waals surface area (Å²) in [6.07, 6.45) is 2.23. The number of thioether (sulfide) groups is 1. The molecule has 1 N–H and O–H groups in total. The molecule has 0 bridgehead atoms. The number of hydrogen-bond acceptors (Lipinski definition) is 2. The van der Waals surface area contributed by atoms with Crippen LogP contribution in [0.25, 0.3) is 0 Å². The van der Waals surface area contributed by atoms with Crippen LogP contribution in [0.4, 0.5) is 0 Å². The van der Waals surface area contributed by atoms with Gasteiger partial charge in [0.05, 0.1) is 6.04 Å². The molecule has 16 heavy (non-hydrogen) atoms. The Morgan fingerprint density at radius 2 is 2.44 bits per heavy atom. The first-order valence-electron chi connectivity index (χ1n) is 5.06. The second-order valence-electron chi connectivity index (χ2n) is 3.58. The van der Waals surface area contributed by atoms with Gasteiger partial charge in [-0.05, 0) is 36.3 Å². The van der Waals surface area contributed by atoms with E-state index < -0.39 is 0 Å². The van der Waals surface area contributed by atoms with Crippen LogP contribution in [0.15, 0.2) is 35.7 Å². The van der Waals surface area contributed by atoms with Crippen molar-refractivity contribution in [2.75, 3.05) is 5.75 Å². The van der Waals surface area contributed by atoms with E-state index in [9.17, 15) is 4.79 Å². The fourth-order valence-electron chi connectivity index (χ4n) is 1.75. The highest BCUT2D eigenvalue weighted by Gasteiger charge is 2.21. The maximum Gasteiger partial charge on any atom is 0.243 e. The molecule has 2 nitrogen and oxygen atoms in total. The van der Waals surface area contributed by atoms with E-state index in [4.69, 9.17) is 11.6 Å². The summed E-state index contributed by atoms with van der Waals surface area (Å²) in [7, 11) is 0. The standard InChI is InChI=1S/C12H12ClNOS/c1-2-12(15)14-10-5-6-16-11-4-3-8(13)7-9(10)11/h2-4,7,10H,1,5-6H2,(H,14,15). The monoisotopic (exact) mass is 253 g/mol. The molecule has 0 saturated carbocycles. The Balaban J connectivity index is 2.28. The normalized spacial score (nSPS) is 18.7. The average Bonchev–Trinajstić information content (AvgIpc) is 2.29. The van der Waals surface area contributed by atoms with Gasteiger partial charge in [-0.2, -0.15) is 0 Å². The lowest BCUT2D eigenvalue weighted by Crippen LogP contribution is -2.29. The lowest BCUT2D eigenvalue weighted by molar-refractivity contribution is -0.117. The molecule has 1 aliphatic heterocycles. The zero-order valence-electron chi connectivity index (χ0n) is 8.70. The second kappa shape index (κ2) is 4.93. The van der Waals surface area contributed by atoms with Gasteiger partial charge in [0, 0.05) is 15.7 Å². The van der Waals surface area contributed by atoms with Crippen molar-refractivity contribution < 1.29 is 4.79 Å². The summed E-state index contributed by atoms with van der Waals surface area (Å²) >= 11 is 7.77.